The van der Waals surface area contributed by atoms with E-state index in [0.717, 1.165) is 24.9 Å². The summed E-state index contributed by atoms with van der Waals surface area (Å²) in [6, 6.07) is 14.2. The Bertz CT molecular complexity index is 792. The molecule has 142 valence electrons. The Kier molecular flexibility index (Phi) is 6.40. The van der Waals surface area contributed by atoms with E-state index in [1.54, 1.807) is 29.7 Å². The van der Waals surface area contributed by atoms with Gasteiger partial charge in [-0.2, -0.15) is 0 Å². The highest BCUT2D eigenvalue weighted by atomic mass is 16.5. The fraction of sp³-hybridized carbons (Fsp3) is 0.300. The molecule has 1 heterocycles. The smallest absolute Gasteiger partial charge is 0.274 e. The molecule has 3 rings (SSSR count). The molecule has 0 saturated carbocycles. The van der Waals surface area contributed by atoms with Gasteiger partial charge in [-0.3, -0.25) is 20.1 Å². The minimum Gasteiger partial charge on any atom is -0.494 e. The molecule has 0 bridgehead atoms. The number of amides is 2. The minimum absolute atomic E-state index is 0.00128. The lowest BCUT2D eigenvalue weighted by Gasteiger charge is -2.13. The van der Waals surface area contributed by atoms with E-state index in [1.807, 2.05) is 24.3 Å². The molecule has 0 radical (unpaired) electrons. The van der Waals surface area contributed by atoms with Crippen molar-refractivity contribution in [1.82, 2.24) is 16.1 Å². The van der Waals surface area contributed by atoms with Gasteiger partial charge in [-0.25, -0.2) is 5.48 Å². The van der Waals surface area contributed by atoms with Crippen LogP contribution in [0.25, 0.3) is 0 Å². The molecule has 7 nitrogen and oxygen atoms in total. The Morgan fingerprint density at radius 1 is 1.11 bits per heavy atom. The Morgan fingerprint density at radius 3 is 2.67 bits per heavy atom. The highest BCUT2D eigenvalue weighted by molar-refractivity contribution is 5.93. The van der Waals surface area contributed by atoms with Crippen LogP contribution in [0.5, 0.6) is 5.75 Å². The van der Waals surface area contributed by atoms with Crippen molar-refractivity contribution < 1.29 is 19.5 Å². The van der Waals surface area contributed by atoms with Gasteiger partial charge >= 0.3 is 0 Å². The first-order chi connectivity index (χ1) is 13.2. The summed E-state index contributed by atoms with van der Waals surface area (Å²) in [5.41, 5.74) is 4.17. The van der Waals surface area contributed by atoms with Crippen molar-refractivity contribution in [2.45, 2.75) is 25.4 Å². The number of hydroxylamine groups is 1. The summed E-state index contributed by atoms with van der Waals surface area (Å²) >= 11 is 0. The molecule has 0 fully saturated rings. The lowest BCUT2D eigenvalue weighted by molar-refractivity contribution is -0.123. The van der Waals surface area contributed by atoms with Crippen molar-refractivity contribution in [2.24, 2.45) is 0 Å². The molecule has 7 heteroatoms. The molecule has 0 aliphatic carbocycles. The normalized spacial score (nSPS) is 15.1. The molecular formula is C20H23N3O4. The van der Waals surface area contributed by atoms with Crippen LogP contribution < -0.4 is 20.9 Å². The number of nitrogens with one attached hydrogen (secondary N) is 3. The first kappa shape index (κ1) is 18.9. The number of ether oxygens (including phenoxy) is 1. The quantitative estimate of drug-likeness (QED) is 0.324. The fourth-order valence-electron chi connectivity index (χ4n) is 3.03. The van der Waals surface area contributed by atoms with Gasteiger partial charge in [0.15, 0.2) is 0 Å². The highest BCUT2D eigenvalue weighted by Crippen LogP contribution is 2.24. The second-order valence-corrected chi connectivity index (χ2v) is 6.32. The maximum Gasteiger partial charge on any atom is 0.274 e. The summed E-state index contributed by atoms with van der Waals surface area (Å²) in [6.07, 6.45) is 1.61. The number of hydrogen-bond donors (Lipinski definition) is 4. The summed E-state index contributed by atoms with van der Waals surface area (Å²) in [7, 11) is 0. The van der Waals surface area contributed by atoms with E-state index >= 15 is 0 Å². The van der Waals surface area contributed by atoms with Crippen molar-refractivity contribution in [2.75, 3.05) is 13.2 Å². The summed E-state index contributed by atoms with van der Waals surface area (Å²) in [5, 5.41) is 14.8. The van der Waals surface area contributed by atoms with E-state index in [4.69, 9.17) is 9.94 Å². The van der Waals surface area contributed by atoms with E-state index < -0.39 is 5.91 Å². The van der Waals surface area contributed by atoms with Crippen LogP contribution in [0.3, 0.4) is 0 Å². The zero-order chi connectivity index (χ0) is 19.1. The standard InChI is InChI=1S/C20H23N3O4/c24-19(23-26)14-7-9-16(10-8-14)27-12-4-3-11-21-20(25)18-17-6-2-1-5-15(17)13-22-18/h1-2,5-10,18,22,26H,3-4,11-13H2,(H,21,25)(H,23,24). The monoisotopic (exact) mass is 369 g/mol. The summed E-state index contributed by atoms with van der Waals surface area (Å²) in [5.74, 6) is 0.0931. The van der Waals surface area contributed by atoms with Crippen molar-refractivity contribution in [3.63, 3.8) is 0 Å². The Labute approximate surface area is 157 Å². The average molecular weight is 369 g/mol. The molecule has 4 N–H and O–H groups in total. The van der Waals surface area contributed by atoms with Gasteiger partial charge in [0.2, 0.25) is 5.91 Å². The molecule has 1 atom stereocenters. The van der Waals surface area contributed by atoms with Gasteiger partial charge in [-0.05, 0) is 48.2 Å². The van der Waals surface area contributed by atoms with Crippen molar-refractivity contribution in [3.8, 4) is 5.75 Å². The zero-order valence-corrected chi connectivity index (χ0v) is 14.9. The molecule has 2 aromatic rings. The Balaban J connectivity index is 1.33. The van der Waals surface area contributed by atoms with Crippen LogP contribution in [0.15, 0.2) is 48.5 Å². The molecule has 2 aromatic carbocycles. The Morgan fingerprint density at radius 2 is 1.89 bits per heavy atom. The summed E-state index contributed by atoms with van der Waals surface area (Å²) in [4.78, 5) is 23.6. The van der Waals surface area contributed by atoms with Crippen molar-refractivity contribution in [1.29, 1.82) is 0 Å². The number of carbonyl (C=O) groups excluding carboxylic acids is 2. The maximum atomic E-state index is 12.3. The molecular weight excluding hydrogens is 346 g/mol. The lowest BCUT2D eigenvalue weighted by Crippen LogP contribution is -2.34. The minimum atomic E-state index is -0.559. The third-order valence-electron chi connectivity index (χ3n) is 4.48. The number of unbranched alkanes of at least 4 members (excludes halogenated alkanes) is 1. The largest absolute Gasteiger partial charge is 0.494 e. The van der Waals surface area contributed by atoms with Gasteiger partial charge < -0.3 is 10.1 Å². The predicted octanol–water partition coefficient (Wildman–Crippen LogP) is 1.93. The lowest BCUT2D eigenvalue weighted by atomic mass is 10.0. The second kappa shape index (κ2) is 9.16. The number of hydrogen-bond acceptors (Lipinski definition) is 5. The highest BCUT2D eigenvalue weighted by Gasteiger charge is 2.27. The molecule has 0 saturated heterocycles. The number of fused-ring (bicyclic) bond motifs is 1. The molecule has 27 heavy (non-hydrogen) atoms. The van der Waals surface area contributed by atoms with Gasteiger partial charge in [-0.1, -0.05) is 24.3 Å². The third-order valence-corrected chi connectivity index (χ3v) is 4.48. The molecule has 2 amide bonds. The number of carbonyl (C=O) groups is 2. The summed E-state index contributed by atoms with van der Waals surface area (Å²) < 4.78 is 5.61. The van der Waals surface area contributed by atoms with Crippen molar-refractivity contribution >= 4 is 11.8 Å². The van der Waals surface area contributed by atoms with E-state index in [9.17, 15) is 9.59 Å². The molecule has 0 spiro atoms. The van der Waals surface area contributed by atoms with Crippen LogP contribution >= 0.6 is 0 Å². The fourth-order valence-corrected chi connectivity index (χ4v) is 3.03. The number of rotatable bonds is 8. The van der Waals surface area contributed by atoms with Gasteiger partial charge in [0.25, 0.3) is 5.91 Å². The van der Waals surface area contributed by atoms with E-state index in [0.29, 0.717) is 24.5 Å². The van der Waals surface area contributed by atoms with Crippen LogP contribution in [0, 0.1) is 0 Å². The van der Waals surface area contributed by atoms with E-state index in [1.165, 1.54) is 5.56 Å². The molecule has 1 aliphatic rings. The zero-order valence-electron chi connectivity index (χ0n) is 14.9. The molecule has 1 unspecified atom stereocenters. The molecule has 1 aliphatic heterocycles. The Hall–Kier alpha value is -2.90. The predicted molar refractivity (Wildman–Crippen MR) is 99.5 cm³/mol. The topological polar surface area (TPSA) is 99.7 Å². The van der Waals surface area contributed by atoms with Crippen LogP contribution in [-0.2, 0) is 11.3 Å². The van der Waals surface area contributed by atoms with Crippen LogP contribution in [0.1, 0.15) is 40.4 Å². The van der Waals surface area contributed by atoms with Gasteiger partial charge in [0.05, 0.1) is 6.61 Å². The van der Waals surface area contributed by atoms with E-state index in [2.05, 4.69) is 10.6 Å². The third kappa shape index (κ3) is 4.84. The number of benzene rings is 2. The van der Waals surface area contributed by atoms with Crippen molar-refractivity contribution in [3.05, 3.63) is 65.2 Å². The van der Waals surface area contributed by atoms with Gasteiger partial charge in [0.1, 0.15) is 11.8 Å². The average Bonchev–Trinajstić information content (AvgIpc) is 3.14. The van der Waals surface area contributed by atoms with Gasteiger partial charge in [-0.15, -0.1) is 0 Å². The van der Waals surface area contributed by atoms with Crippen LogP contribution in [0.4, 0.5) is 0 Å². The van der Waals surface area contributed by atoms with Crippen LogP contribution in [-0.4, -0.2) is 30.2 Å². The summed E-state index contributed by atoms with van der Waals surface area (Å²) in [6.45, 7) is 1.84. The maximum absolute atomic E-state index is 12.3. The van der Waals surface area contributed by atoms with E-state index in [-0.39, 0.29) is 11.9 Å². The first-order valence-corrected chi connectivity index (χ1v) is 8.95. The van der Waals surface area contributed by atoms with Gasteiger partial charge in [0, 0.05) is 18.7 Å². The molecule has 0 aromatic heterocycles. The SMILES string of the molecule is O=C(NO)c1ccc(OCCCCNC(=O)C2NCc3ccccc32)cc1. The van der Waals surface area contributed by atoms with Crippen LogP contribution in [0.2, 0.25) is 0 Å². The second-order valence-electron chi connectivity index (χ2n) is 6.32. The first-order valence-electron chi connectivity index (χ1n) is 8.95.